The largest absolute Gasteiger partial charge is 0.490 e. The number of esters is 1. The van der Waals surface area contributed by atoms with Crippen LogP contribution in [0.4, 0.5) is 5.69 Å². The number of hydrogen-bond donors (Lipinski definition) is 1. The topological polar surface area (TPSA) is 96.2 Å². The molecule has 0 saturated heterocycles. The number of carbonyl (C=O) groups excluding carboxylic acids is 2. The molecule has 1 aliphatic heterocycles. The maximum absolute atomic E-state index is 12.6. The first kappa shape index (κ1) is 20.7. The number of amides is 1. The highest BCUT2D eigenvalue weighted by Crippen LogP contribution is 2.32. The number of anilines is 1. The van der Waals surface area contributed by atoms with Crippen LogP contribution >= 0.6 is 0 Å². The third-order valence-electron chi connectivity index (χ3n) is 4.70. The summed E-state index contributed by atoms with van der Waals surface area (Å²) in [7, 11) is 0. The summed E-state index contributed by atoms with van der Waals surface area (Å²) in [5.74, 6) is 0.0341. The number of rotatable bonds is 7. The Labute approximate surface area is 179 Å². The maximum Gasteiger partial charge on any atom is 0.375 e. The Morgan fingerprint density at radius 1 is 1.06 bits per heavy atom. The number of benzene rings is 2. The molecule has 4 rings (SSSR count). The van der Waals surface area contributed by atoms with E-state index in [1.807, 2.05) is 25.1 Å². The van der Waals surface area contributed by atoms with Gasteiger partial charge in [-0.05, 0) is 25.1 Å². The highest BCUT2D eigenvalue weighted by molar-refractivity contribution is 5.98. The summed E-state index contributed by atoms with van der Waals surface area (Å²) in [4.78, 5) is 24.9. The molecule has 0 atom stereocenters. The monoisotopic (exact) mass is 425 g/mol. The number of para-hydroxylation sites is 1. The Morgan fingerprint density at radius 2 is 1.87 bits per heavy atom. The number of furan rings is 1. The maximum atomic E-state index is 12.6. The smallest absolute Gasteiger partial charge is 0.375 e. The first-order chi connectivity index (χ1) is 15.2. The summed E-state index contributed by atoms with van der Waals surface area (Å²) in [5, 5.41) is 3.47. The van der Waals surface area contributed by atoms with E-state index < -0.39 is 18.5 Å². The SMILES string of the molecule is CCOCc1c(C(=O)OCC(=O)Nc2ccc3c(c2)OCCCO3)oc2ccccc12. The van der Waals surface area contributed by atoms with Crippen LogP contribution in [0.25, 0.3) is 11.0 Å². The molecule has 1 aromatic heterocycles. The molecule has 8 heteroatoms. The van der Waals surface area contributed by atoms with Gasteiger partial charge in [0.05, 0.1) is 19.8 Å². The van der Waals surface area contributed by atoms with Crippen LogP contribution in [-0.4, -0.2) is 38.3 Å². The molecule has 8 nitrogen and oxygen atoms in total. The van der Waals surface area contributed by atoms with Gasteiger partial charge in [0.1, 0.15) is 5.58 Å². The summed E-state index contributed by atoms with van der Waals surface area (Å²) in [5.41, 5.74) is 1.68. The molecule has 1 N–H and O–H groups in total. The summed E-state index contributed by atoms with van der Waals surface area (Å²) in [6.07, 6.45) is 0.791. The fraction of sp³-hybridized carbons (Fsp3) is 0.304. The van der Waals surface area contributed by atoms with Crippen LogP contribution in [-0.2, 0) is 20.9 Å². The average molecular weight is 425 g/mol. The lowest BCUT2D eigenvalue weighted by atomic mass is 10.1. The van der Waals surface area contributed by atoms with Crippen LogP contribution in [0.1, 0.15) is 29.5 Å². The van der Waals surface area contributed by atoms with Crippen molar-refractivity contribution in [3.63, 3.8) is 0 Å². The Kier molecular flexibility index (Phi) is 6.37. The molecule has 0 bridgehead atoms. The normalized spacial score (nSPS) is 12.9. The van der Waals surface area contributed by atoms with E-state index in [-0.39, 0.29) is 12.4 Å². The molecule has 0 saturated carbocycles. The molecule has 31 heavy (non-hydrogen) atoms. The van der Waals surface area contributed by atoms with Gasteiger partial charge in [-0.25, -0.2) is 4.79 Å². The standard InChI is InChI=1S/C23H23NO7/c1-2-27-13-17-16-6-3-4-7-18(16)31-22(17)23(26)30-14-21(25)24-15-8-9-19-20(12-15)29-11-5-10-28-19/h3-4,6-9,12H,2,5,10-11,13-14H2,1H3,(H,24,25). The van der Waals surface area contributed by atoms with Crippen molar-refractivity contribution in [2.45, 2.75) is 20.0 Å². The lowest BCUT2D eigenvalue weighted by Gasteiger charge is -2.10. The van der Waals surface area contributed by atoms with Crippen LogP contribution in [0, 0.1) is 0 Å². The van der Waals surface area contributed by atoms with Crippen LogP contribution < -0.4 is 14.8 Å². The molecule has 1 aliphatic rings. The van der Waals surface area contributed by atoms with Crippen molar-refractivity contribution in [1.29, 1.82) is 0 Å². The number of ether oxygens (including phenoxy) is 4. The molecule has 0 aliphatic carbocycles. The zero-order chi connectivity index (χ0) is 21.6. The summed E-state index contributed by atoms with van der Waals surface area (Å²) >= 11 is 0. The Balaban J connectivity index is 1.41. The van der Waals surface area contributed by atoms with Crippen LogP contribution in [0.5, 0.6) is 11.5 Å². The first-order valence-corrected chi connectivity index (χ1v) is 10.1. The van der Waals surface area contributed by atoms with Gasteiger partial charge >= 0.3 is 5.97 Å². The van der Waals surface area contributed by atoms with Gasteiger partial charge in [0.2, 0.25) is 5.76 Å². The van der Waals surface area contributed by atoms with Gasteiger partial charge in [-0.2, -0.15) is 0 Å². The van der Waals surface area contributed by atoms with E-state index in [1.54, 1.807) is 24.3 Å². The van der Waals surface area contributed by atoms with Gasteiger partial charge in [0, 0.05) is 35.7 Å². The lowest BCUT2D eigenvalue weighted by Crippen LogP contribution is -2.21. The van der Waals surface area contributed by atoms with Gasteiger partial charge in [-0.15, -0.1) is 0 Å². The summed E-state index contributed by atoms with van der Waals surface area (Å²) in [6.45, 7) is 3.24. The molecular formula is C23H23NO7. The summed E-state index contributed by atoms with van der Waals surface area (Å²) in [6, 6.07) is 12.4. The Hall–Kier alpha value is -3.52. The van der Waals surface area contributed by atoms with Crippen molar-refractivity contribution in [2.75, 3.05) is 31.7 Å². The van der Waals surface area contributed by atoms with Crippen molar-refractivity contribution in [1.82, 2.24) is 0 Å². The third kappa shape index (κ3) is 4.80. The van der Waals surface area contributed by atoms with E-state index in [1.165, 1.54) is 0 Å². The van der Waals surface area contributed by atoms with E-state index in [0.717, 1.165) is 11.8 Å². The van der Waals surface area contributed by atoms with Crippen LogP contribution in [0.15, 0.2) is 46.9 Å². The zero-order valence-corrected chi connectivity index (χ0v) is 17.1. The number of nitrogens with one attached hydrogen (secondary N) is 1. The minimum absolute atomic E-state index is 0.0398. The predicted octanol–water partition coefficient (Wildman–Crippen LogP) is 3.93. The van der Waals surface area contributed by atoms with Crippen molar-refractivity contribution in [3.8, 4) is 11.5 Å². The van der Waals surface area contributed by atoms with E-state index in [4.69, 9.17) is 23.4 Å². The molecule has 0 unspecified atom stereocenters. The van der Waals surface area contributed by atoms with Crippen molar-refractivity contribution in [2.24, 2.45) is 0 Å². The molecule has 1 amide bonds. The second kappa shape index (κ2) is 9.53. The molecule has 2 heterocycles. The van der Waals surface area contributed by atoms with Gasteiger partial charge < -0.3 is 28.7 Å². The minimum atomic E-state index is -0.722. The quantitative estimate of drug-likeness (QED) is 0.573. The molecule has 2 aromatic carbocycles. The van der Waals surface area contributed by atoms with E-state index in [9.17, 15) is 9.59 Å². The molecule has 0 radical (unpaired) electrons. The Morgan fingerprint density at radius 3 is 2.71 bits per heavy atom. The zero-order valence-electron chi connectivity index (χ0n) is 17.1. The van der Waals surface area contributed by atoms with Crippen LogP contribution in [0.3, 0.4) is 0 Å². The average Bonchev–Trinajstić information content (AvgIpc) is 2.98. The van der Waals surface area contributed by atoms with E-state index in [0.29, 0.717) is 48.2 Å². The molecule has 162 valence electrons. The lowest BCUT2D eigenvalue weighted by molar-refractivity contribution is -0.119. The number of hydrogen-bond acceptors (Lipinski definition) is 7. The van der Waals surface area contributed by atoms with Crippen molar-refractivity contribution >= 4 is 28.5 Å². The molecule has 0 fully saturated rings. The second-order valence-electron chi connectivity index (χ2n) is 6.88. The van der Waals surface area contributed by atoms with Gasteiger partial charge in [-0.1, -0.05) is 18.2 Å². The third-order valence-corrected chi connectivity index (χ3v) is 4.70. The van der Waals surface area contributed by atoms with Crippen molar-refractivity contribution < 1.29 is 33.0 Å². The number of fused-ring (bicyclic) bond motifs is 2. The van der Waals surface area contributed by atoms with Gasteiger partial charge in [0.25, 0.3) is 5.91 Å². The van der Waals surface area contributed by atoms with E-state index in [2.05, 4.69) is 5.32 Å². The first-order valence-electron chi connectivity index (χ1n) is 10.1. The molecule has 0 spiro atoms. The van der Waals surface area contributed by atoms with Crippen molar-refractivity contribution in [3.05, 3.63) is 53.8 Å². The Bertz CT molecular complexity index is 1090. The second-order valence-corrected chi connectivity index (χ2v) is 6.88. The highest BCUT2D eigenvalue weighted by Gasteiger charge is 2.23. The van der Waals surface area contributed by atoms with Crippen LogP contribution in [0.2, 0.25) is 0 Å². The van der Waals surface area contributed by atoms with Gasteiger partial charge in [-0.3, -0.25) is 4.79 Å². The number of carbonyl (C=O) groups is 2. The molecule has 3 aromatic rings. The van der Waals surface area contributed by atoms with Gasteiger partial charge in [0.15, 0.2) is 18.1 Å². The highest BCUT2D eigenvalue weighted by atomic mass is 16.5. The van der Waals surface area contributed by atoms with E-state index >= 15 is 0 Å². The summed E-state index contributed by atoms with van der Waals surface area (Å²) < 4.78 is 27.5. The predicted molar refractivity (Wildman–Crippen MR) is 113 cm³/mol. The fourth-order valence-electron chi connectivity index (χ4n) is 3.25. The minimum Gasteiger partial charge on any atom is -0.490 e. The molecular weight excluding hydrogens is 402 g/mol. The fourth-order valence-corrected chi connectivity index (χ4v) is 3.25.